The summed E-state index contributed by atoms with van der Waals surface area (Å²) in [6.45, 7) is 9.99. The minimum absolute atomic E-state index is 0.127. The molecular formula is C15H24FIN2O5Si. The lowest BCUT2D eigenvalue weighted by atomic mass is 10.1. The van der Waals surface area contributed by atoms with E-state index in [0.29, 0.717) is 0 Å². The number of alkyl halides is 2. The van der Waals surface area contributed by atoms with Gasteiger partial charge in [0.05, 0.1) is 4.43 Å². The highest BCUT2D eigenvalue weighted by Gasteiger charge is 2.58. The highest BCUT2D eigenvalue weighted by molar-refractivity contribution is 14.1. The van der Waals surface area contributed by atoms with E-state index in [4.69, 9.17) is 9.16 Å². The molecule has 1 aromatic rings. The normalized spacial score (nSPS) is 30.6. The van der Waals surface area contributed by atoms with Crippen LogP contribution >= 0.6 is 22.6 Å². The molecule has 0 unspecified atom stereocenters. The average Bonchev–Trinajstić information content (AvgIpc) is 2.71. The van der Waals surface area contributed by atoms with Crippen LogP contribution in [0.15, 0.2) is 21.9 Å². The molecule has 2 N–H and O–H groups in total. The zero-order chi connectivity index (χ0) is 19.2. The molecule has 1 saturated heterocycles. The SMILES string of the molecule is CC(C)(C)[Si](C)(C)O[C@H]1[C@H](n2ccc(=O)[nH]c2=O)O[C@](F)(CI)[C@H]1O. The molecule has 1 fully saturated rings. The summed E-state index contributed by atoms with van der Waals surface area (Å²) in [5.74, 6) is -2.34. The van der Waals surface area contributed by atoms with Gasteiger partial charge in [0, 0.05) is 12.3 Å². The van der Waals surface area contributed by atoms with Crippen molar-refractivity contribution in [1.29, 1.82) is 0 Å². The molecule has 0 aromatic carbocycles. The molecule has 2 heterocycles. The number of hydrogen-bond donors (Lipinski definition) is 2. The molecule has 25 heavy (non-hydrogen) atoms. The van der Waals surface area contributed by atoms with E-state index in [9.17, 15) is 19.1 Å². The average molecular weight is 486 g/mol. The van der Waals surface area contributed by atoms with Crippen molar-refractivity contribution < 1.29 is 18.7 Å². The minimum atomic E-state index is -2.39. The number of aromatic nitrogens is 2. The Morgan fingerprint density at radius 3 is 2.56 bits per heavy atom. The molecule has 1 aliphatic rings. The van der Waals surface area contributed by atoms with E-state index in [2.05, 4.69) is 4.98 Å². The van der Waals surface area contributed by atoms with Gasteiger partial charge >= 0.3 is 5.69 Å². The van der Waals surface area contributed by atoms with Gasteiger partial charge in [0.25, 0.3) is 5.56 Å². The summed E-state index contributed by atoms with van der Waals surface area (Å²) in [5, 5.41) is 10.3. The number of aliphatic hydroxyl groups is 1. The van der Waals surface area contributed by atoms with Gasteiger partial charge in [0.15, 0.2) is 14.5 Å². The van der Waals surface area contributed by atoms with Crippen molar-refractivity contribution in [2.24, 2.45) is 0 Å². The van der Waals surface area contributed by atoms with Crippen LogP contribution in [0.25, 0.3) is 0 Å². The maximum absolute atomic E-state index is 15.0. The third kappa shape index (κ3) is 3.92. The number of aliphatic hydroxyl groups excluding tert-OH is 1. The lowest BCUT2D eigenvalue weighted by Crippen LogP contribution is -2.50. The van der Waals surface area contributed by atoms with E-state index in [0.717, 1.165) is 10.6 Å². The van der Waals surface area contributed by atoms with Crippen molar-refractivity contribution in [3.63, 3.8) is 0 Å². The van der Waals surface area contributed by atoms with Gasteiger partial charge in [-0.15, -0.1) is 0 Å². The Bertz CT molecular complexity index is 746. The molecule has 2 rings (SSSR count). The Labute approximate surface area is 159 Å². The zero-order valence-electron chi connectivity index (χ0n) is 14.9. The van der Waals surface area contributed by atoms with Crippen LogP contribution in [0.5, 0.6) is 0 Å². The summed E-state index contributed by atoms with van der Waals surface area (Å²) in [6.07, 6.45) is -2.57. The van der Waals surface area contributed by atoms with E-state index < -0.39 is 43.9 Å². The van der Waals surface area contributed by atoms with Crippen LogP contribution in [0.4, 0.5) is 4.39 Å². The monoisotopic (exact) mass is 486 g/mol. The fraction of sp³-hybridized carbons (Fsp3) is 0.733. The largest absolute Gasteiger partial charge is 0.406 e. The highest BCUT2D eigenvalue weighted by atomic mass is 127. The lowest BCUT2D eigenvalue weighted by molar-refractivity contribution is -0.169. The van der Waals surface area contributed by atoms with Gasteiger partial charge in [-0.2, -0.15) is 0 Å². The van der Waals surface area contributed by atoms with Gasteiger partial charge in [0.1, 0.15) is 12.2 Å². The molecule has 0 saturated carbocycles. The molecule has 10 heteroatoms. The van der Waals surface area contributed by atoms with Crippen LogP contribution < -0.4 is 11.2 Å². The maximum Gasteiger partial charge on any atom is 0.330 e. The van der Waals surface area contributed by atoms with E-state index in [-0.39, 0.29) is 9.47 Å². The first-order valence-electron chi connectivity index (χ1n) is 7.92. The summed E-state index contributed by atoms with van der Waals surface area (Å²) in [7, 11) is -2.39. The summed E-state index contributed by atoms with van der Waals surface area (Å²) in [4.78, 5) is 25.5. The highest BCUT2D eigenvalue weighted by Crippen LogP contribution is 2.45. The number of rotatable bonds is 4. The predicted octanol–water partition coefficient (Wildman–Crippen LogP) is 1.92. The second-order valence-electron chi connectivity index (χ2n) is 7.73. The van der Waals surface area contributed by atoms with Crippen molar-refractivity contribution in [2.45, 2.75) is 63.2 Å². The van der Waals surface area contributed by atoms with Crippen LogP contribution in [0.3, 0.4) is 0 Å². The van der Waals surface area contributed by atoms with E-state index in [1.54, 1.807) is 22.6 Å². The van der Waals surface area contributed by atoms with Gasteiger partial charge in [-0.05, 0) is 18.1 Å². The number of hydrogen-bond acceptors (Lipinski definition) is 5. The molecular weight excluding hydrogens is 462 g/mol. The molecule has 7 nitrogen and oxygen atoms in total. The number of nitrogens with one attached hydrogen (secondary N) is 1. The number of ether oxygens (including phenoxy) is 1. The Morgan fingerprint density at radius 2 is 2.08 bits per heavy atom. The summed E-state index contributed by atoms with van der Waals surface area (Å²) in [5.41, 5.74) is -1.31. The van der Waals surface area contributed by atoms with Gasteiger partial charge in [-0.25, -0.2) is 9.18 Å². The molecule has 0 aliphatic carbocycles. The molecule has 4 atom stereocenters. The predicted molar refractivity (Wildman–Crippen MR) is 102 cm³/mol. The van der Waals surface area contributed by atoms with Gasteiger partial charge in [-0.3, -0.25) is 14.3 Å². The zero-order valence-corrected chi connectivity index (χ0v) is 18.0. The van der Waals surface area contributed by atoms with E-state index in [1.807, 2.05) is 33.9 Å². The van der Waals surface area contributed by atoms with Crippen LogP contribution in [-0.2, 0) is 9.16 Å². The first-order valence-corrected chi connectivity index (χ1v) is 12.4. The van der Waals surface area contributed by atoms with Crippen LogP contribution in [0.1, 0.15) is 27.0 Å². The molecule has 142 valence electrons. The van der Waals surface area contributed by atoms with E-state index in [1.165, 1.54) is 6.20 Å². The quantitative estimate of drug-likeness (QED) is 0.386. The molecule has 0 radical (unpaired) electrons. The fourth-order valence-corrected chi connectivity index (χ4v) is 4.24. The van der Waals surface area contributed by atoms with Crippen molar-refractivity contribution in [2.75, 3.05) is 4.43 Å². The van der Waals surface area contributed by atoms with Crippen LogP contribution in [-0.4, -0.2) is 45.5 Å². The second kappa shape index (κ2) is 6.87. The Kier molecular flexibility index (Phi) is 5.70. The summed E-state index contributed by atoms with van der Waals surface area (Å²) >= 11 is 1.78. The third-order valence-electron chi connectivity index (χ3n) is 4.90. The second-order valence-corrected chi connectivity index (χ2v) is 13.3. The summed E-state index contributed by atoms with van der Waals surface area (Å²) in [6, 6.07) is 1.14. The van der Waals surface area contributed by atoms with Gasteiger partial charge in [-0.1, -0.05) is 43.4 Å². The molecule has 0 amide bonds. The standard InChI is InChI=1S/C15H24FIN2O5Si/c1-14(2,3)25(4,5)24-10-11(21)15(16,8-17)23-12(10)19-7-6-9(20)18-13(19)22/h6-7,10-12,21H,8H2,1-5H3,(H,18,20,22)/t10-,11+,12-,15-/m1/s1. The maximum atomic E-state index is 15.0. The molecule has 0 bridgehead atoms. The fourth-order valence-electron chi connectivity index (χ4n) is 2.33. The molecule has 0 spiro atoms. The first-order chi connectivity index (χ1) is 11.3. The van der Waals surface area contributed by atoms with Crippen molar-refractivity contribution in [3.05, 3.63) is 33.1 Å². The molecule has 1 aromatic heterocycles. The number of nitrogens with zero attached hydrogens (tertiary/aromatic N) is 1. The number of halogens is 2. The third-order valence-corrected chi connectivity index (χ3v) is 10.4. The lowest BCUT2D eigenvalue weighted by Gasteiger charge is -2.40. The van der Waals surface area contributed by atoms with Crippen LogP contribution in [0, 0.1) is 0 Å². The van der Waals surface area contributed by atoms with Gasteiger partial charge in [0.2, 0.25) is 5.85 Å². The van der Waals surface area contributed by atoms with Crippen LogP contribution in [0.2, 0.25) is 18.1 Å². The minimum Gasteiger partial charge on any atom is -0.406 e. The topological polar surface area (TPSA) is 93.6 Å². The Balaban J connectivity index is 2.48. The smallest absolute Gasteiger partial charge is 0.330 e. The molecule has 1 aliphatic heterocycles. The number of aromatic amines is 1. The van der Waals surface area contributed by atoms with Gasteiger partial charge < -0.3 is 14.3 Å². The first kappa shape index (κ1) is 20.7. The van der Waals surface area contributed by atoms with Crippen molar-refractivity contribution >= 4 is 30.9 Å². The number of H-pyrrole nitrogens is 1. The Morgan fingerprint density at radius 1 is 1.48 bits per heavy atom. The van der Waals surface area contributed by atoms with Crippen molar-refractivity contribution in [3.8, 4) is 0 Å². The van der Waals surface area contributed by atoms with E-state index >= 15 is 0 Å². The Hall–Kier alpha value is -0.563. The summed E-state index contributed by atoms with van der Waals surface area (Å²) < 4.78 is 27.5. The van der Waals surface area contributed by atoms with Crippen molar-refractivity contribution in [1.82, 2.24) is 9.55 Å².